The van der Waals surface area contributed by atoms with Gasteiger partial charge >= 0.3 is 6.18 Å². The topological polar surface area (TPSA) is 166 Å². The van der Waals surface area contributed by atoms with E-state index < -0.39 is 34.9 Å². The average molecular weight is 514 g/mol. The van der Waals surface area contributed by atoms with Gasteiger partial charge in [0.2, 0.25) is 5.91 Å². The molecule has 16 heteroatoms. The van der Waals surface area contributed by atoms with Gasteiger partial charge in [0.15, 0.2) is 0 Å². The number of hydrogen-bond acceptors (Lipinski definition) is 10. The highest BCUT2D eigenvalue weighted by molar-refractivity contribution is 5.91. The Morgan fingerprint density at radius 1 is 1.19 bits per heavy atom. The number of amides is 2. The maximum atomic E-state index is 13.1. The third-order valence-corrected chi connectivity index (χ3v) is 5.30. The van der Waals surface area contributed by atoms with E-state index in [0.29, 0.717) is 32.0 Å². The van der Waals surface area contributed by atoms with Gasteiger partial charge in [-0.15, -0.1) is 0 Å². The molecule has 1 atom stereocenters. The van der Waals surface area contributed by atoms with E-state index in [0.717, 1.165) is 6.20 Å². The average Bonchev–Trinajstić information content (AvgIpc) is 2.85. The second-order valence-corrected chi connectivity index (χ2v) is 7.92. The van der Waals surface area contributed by atoms with Crippen molar-refractivity contribution in [2.75, 3.05) is 49.6 Å². The smallest absolute Gasteiger partial charge is 0.379 e. The number of aromatic amines is 1. The van der Waals surface area contributed by atoms with Crippen LogP contribution < -0.4 is 21.3 Å². The molecule has 0 aliphatic carbocycles. The van der Waals surface area contributed by atoms with E-state index in [4.69, 9.17) is 9.94 Å². The zero-order valence-corrected chi connectivity index (χ0v) is 19.2. The monoisotopic (exact) mass is 514 g/mol. The van der Waals surface area contributed by atoms with Gasteiger partial charge in [-0.1, -0.05) is 0 Å². The Morgan fingerprint density at radius 3 is 2.53 bits per heavy atom. The molecule has 3 rings (SSSR count). The molecule has 0 unspecified atom stereocenters. The first kappa shape index (κ1) is 26.8. The van der Waals surface area contributed by atoms with E-state index in [1.807, 2.05) is 4.90 Å². The number of halogens is 3. The summed E-state index contributed by atoms with van der Waals surface area (Å²) < 4.78 is 44.8. The molecule has 0 aromatic carbocycles. The molecule has 1 aliphatic heterocycles. The van der Waals surface area contributed by atoms with E-state index >= 15 is 0 Å². The fourth-order valence-corrected chi connectivity index (χ4v) is 3.52. The van der Waals surface area contributed by atoms with E-state index in [1.165, 1.54) is 17.9 Å². The van der Waals surface area contributed by atoms with Crippen LogP contribution in [-0.2, 0) is 15.7 Å². The summed E-state index contributed by atoms with van der Waals surface area (Å²) in [5.74, 6) is -0.365. The van der Waals surface area contributed by atoms with Crippen molar-refractivity contribution in [1.82, 2.24) is 30.5 Å². The fourth-order valence-electron chi connectivity index (χ4n) is 3.52. The SMILES string of the molecule is C[C@@H](COCCC(=O)N1CCN(c2cnc(C(=O)NO)cn2)CC1)Nc1cn[nH]c(=O)c1C(F)(F)F. The molecule has 4 N–H and O–H groups in total. The first-order chi connectivity index (χ1) is 17.1. The summed E-state index contributed by atoms with van der Waals surface area (Å²) in [7, 11) is 0. The number of H-pyrrole nitrogens is 1. The lowest BCUT2D eigenvalue weighted by molar-refractivity contribution is -0.138. The maximum absolute atomic E-state index is 13.1. The minimum Gasteiger partial charge on any atom is -0.379 e. The lowest BCUT2D eigenvalue weighted by atomic mass is 10.2. The van der Waals surface area contributed by atoms with Crippen molar-refractivity contribution in [3.05, 3.63) is 40.2 Å². The summed E-state index contributed by atoms with van der Waals surface area (Å²) in [5, 5.41) is 16.3. The Morgan fingerprint density at radius 2 is 1.92 bits per heavy atom. The number of piperazine rings is 1. The van der Waals surface area contributed by atoms with E-state index in [1.54, 1.807) is 16.9 Å². The number of aromatic nitrogens is 4. The molecular weight excluding hydrogens is 489 g/mol. The van der Waals surface area contributed by atoms with Crippen LogP contribution in [0.2, 0.25) is 0 Å². The molecule has 1 fully saturated rings. The van der Waals surface area contributed by atoms with E-state index in [-0.39, 0.29) is 31.2 Å². The van der Waals surface area contributed by atoms with Crippen molar-refractivity contribution < 1.29 is 32.7 Å². The van der Waals surface area contributed by atoms with Gasteiger partial charge in [-0.2, -0.15) is 18.3 Å². The largest absolute Gasteiger partial charge is 0.423 e. The number of hydroxylamine groups is 1. The summed E-state index contributed by atoms with van der Waals surface area (Å²) >= 11 is 0. The van der Waals surface area contributed by atoms with E-state index in [9.17, 15) is 27.6 Å². The van der Waals surface area contributed by atoms with Crippen molar-refractivity contribution in [1.29, 1.82) is 0 Å². The van der Waals surface area contributed by atoms with Crippen LogP contribution in [0.4, 0.5) is 24.7 Å². The quantitative estimate of drug-likeness (QED) is 0.207. The van der Waals surface area contributed by atoms with Crippen LogP contribution in [0, 0.1) is 0 Å². The molecule has 1 aliphatic rings. The number of rotatable bonds is 9. The first-order valence-electron chi connectivity index (χ1n) is 10.9. The molecule has 0 radical (unpaired) electrons. The molecule has 0 spiro atoms. The number of nitrogens with one attached hydrogen (secondary N) is 3. The minimum atomic E-state index is -4.84. The Labute approximate surface area is 202 Å². The van der Waals surface area contributed by atoms with Gasteiger partial charge in [0.25, 0.3) is 11.5 Å². The fraction of sp³-hybridized carbons (Fsp3) is 0.500. The number of alkyl halides is 3. The molecular formula is C20H25F3N8O5. The Hall–Kier alpha value is -3.79. The van der Waals surface area contributed by atoms with Crippen molar-refractivity contribution >= 4 is 23.3 Å². The van der Waals surface area contributed by atoms with Crippen LogP contribution >= 0.6 is 0 Å². The number of hydrogen-bond donors (Lipinski definition) is 4. The molecule has 0 saturated carbocycles. The number of ether oxygens (including phenoxy) is 1. The van der Waals surface area contributed by atoms with Crippen LogP contribution in [0.3, 0.4) is 0 Å². The molecule has 196 valence electrons. The van der Waals surface area contributed by atoms with Gasteiger partial charge in [-0.3, -0.25) is 19.6 Å². The number of anilines is 2. The highest BCUT2D eigenvalue weighted by atomic mass is 19.4. The summed E-state index contributed by atoms with van der Waals surface area (Å²) in [4.78, 5) is 47.0. The lowest BCUT2D eigenvalue weighted by Crippen LogP contribution is -2.49. The highest BCUT2D eigenvalue weighted by Crippen LogP contribution is 2.31. The van der Waals surface area contributed by atoms with Gasteiger partial charge < -0.3 is 19.9 Å². The highest BCUT2D eigenvalue weighted by Gasteiger charge is 2.37. The van der Waals surface area contributed by atoms with Crippen LogP contribution in [-0.4, -0.2) is 87.5 Å². The molecule has 3 heterocycles. The summed E-state index contributed by atoms with van der Waals surface area (Å²) in [6, 6.07) is -0.579. The van der Waals surface area contributed by atoms with Gasteiger partial charge in [0.05, 0.1) is 43.9 Å². The zero-order chi connectivity index (χ0) is 26.3. The summed E-state index contributed by atoms with van der Waals surface area (Å²) in [5.41, 5.74) is -1.72. The standard InChI is InChI=1S/C20H25F3N8O5/c1-12(27-13-9-26-28-19(34)17(13)20(21,22)23)11-36-7-2-16(32)31-5-3-30(4-6-31)15-10-24-14(8-25-15)18(33)29-35/h8-10,12,35H,2-7,11H2,1H3,(H,29,33)(H2,27,28,34)/t12-/m0/s1. The summed E-state index contributed by atoms with van der Waals surface area (Å²) in [6.07, 6.45) is -1.22. The predicted octanol–water partition coefficient (Wildman–Crippen LogP) is 0.254. The molecule has 2 aromatic rings. The Kier molecular flexibility index (Phi) is 8.76. The third kappa shape index (κ3) is 6.88. The van der Waals surface area contributed by atoms with Gasteiger partial charge in [0, 0.05) is 32.2 Å². The number of nitrogens with zero attached hydrogens (tertiary/aromatic N) is 5. The van der Waals surface area contributed by atoms with Crippen LogP contribution in [0.15, 0.2) is 23.4 Å². The van der Waals surface area contributed by atoms with Crippen molar-refractivity contribution in [3.63, 3.8) is 0 Å². The molecule has 2 aromatic heterocycles. The first-order valence-corrected chi connectivity index (χ1v) is 10.9. The molecule has 2 amide bonds. The number of carbonyl (C=O) groups is 2. The number of carbonyl (C=O) groups excluding carboxylic acids is 2. The van der Waals surface area contributed by atoms with E-state index in [2.05, 4.69) is 20.4 Å². The van der Waals surface area contributed by atoms with Crippen molar-refractivity contribution in [2.45, 2.75) is 25.6 Å². The molecule has 36 heavy (non-hydrogen) atoms. The van der Waals surface area contributed by atoms with Crippen molar-refractivity contribution in [2.24, 2.45) is 0 Å². The summed E-state index contributed by atoms with van der Waals surface area (Å²) in [6.45, 7) is 3.53. The van der Waals surface area contributed by atoms with Gasteiger partial charge in [0.1, 0.15) is 17.1 Å². The Balaban J connectivity index is 1.39. The molecule has 1 saturated heterocycles. The predicted molar refractivity (Wildman–Crippen MR) is 118 cm³/mol. The van der Waals surface area contributed by atoms with Crippen molar-refractivity contribution in [3.8, 4) is 0 Å². The second-order valence-electron chi connectivity index (χ2n) is 7.92. The van der Waals surface area contributed by atoms with Gasteiger partial charge in [-0.05, 0) is 6.92 Å². The third-order valence-electron chi connectivity index (χ3n) is 5.30. The normalized spacial score (nSPS) is 14.9. The van der Waals surface area contributed by atoms with Gasteiger partial charge in [-0.25, -0.2) is 20.5 Å². The maximum Gasteiger partial charge on any atom is 0.423 e. The van der Waals surface area contributed by atoms with Crippen LogP contribution in [0.25, 0.3) is 0 Å². The Bertz CT molecular complexity index is 1100. The second kappa shape index (κ2) is 11.8. The van der Waals surface area contributed by atoms with Crippen LogP contribution in [0.1, 0.15) is 29.4 Å². The van der Waals surface area contributed by atoms with Crippen LogP contribution in [0.5, 0.6) is 0 Å². The zero-order valence-electron chi connectivity index (χ0n) is 19.2. The minimum absolute atomic E-state index is 0.00806. The molecule has 0 bridgehead atoms. The molecule has 13 nitrogen and oxygen atoms in total. The lowest BCUT2D eigenvalue weighted by Gasteiger charge is -2.35.